The Morgan fingerprint density at radius 2 is 1.74 bits per heavy atom. The summed E-state index contributed by atoms with van der Waals surface area (Å²) in [7, 11) is -1.79. The van der Waals surface area contributed by atoms with Gasteiger partial charge in [-0.3, -0.25) is 0 Å². The van der Waals surface area contributed by atoms with Gasteiger partial charge in [-0.2, -0.15) is 0 Å². The van der Waals surface area contributed by atoms with E-state index in [0.717, 1.165) is 57.1 Å². The molecule has 3 fully saturated rings. The van der Waals surface area contributed by atoms with Crippen molar-refractivity contribution in [3.63, 3.8) is 0 Å². The van der Waals surface area contributed by atoms with Crippen LogP contribution in [-0.4, -0.2) is 63.3 Å². The Kier molecular flexibility index (Phi) is 13.2. The lowest BCUT2D eigenvalue weighted by atomic mass is 9.78. The van der Waals surface area contributed by atoms with Gasteiger partial charge in [0.25, 0.3) is 0 Å². The quantitative estimate of drug-likeness (QED) is 0.161. The van der Waals surface area contributed by atoms with E-state index in [1.807, 2.05) is 6.08 Å². The first-order valence-corrected chi connectivity index (χ1v) is 20.9. The molecule has 3 aliphatic heterocycles. The van der Waals surface area contributed by atoms with Gasteiger partial charge in [0.15, 0.2) is 8.32 Å². The summed E-state index contributed by atoms with van der Waals surface area (Å²) in [5, 5.41) is 9.35. The Morgan fingerprint density at radius 3 is 2.41 bits per heavy atom. The van der Waals surface area contributed by atoms with Crippen LogP contribution in [0, 0.1) is 23.7 Å². The molecule has 3 heterocycles. The van der Waals surface area contributed by atoms with Gasteiger partial charge in [0.2, 0.25) is 0 Å². The van der Waals surface area contributed by atoms with E-state index in [2.05, 4.69) is 98.1 Å². The number of ether oxygens (including phenoxy) is 3. The van der Waals surface area contributed by atoms with E-state index in [-0.39, 0.29) is 48.3 Å². The summed E-state index contributed by atoms with van der Waals surface area (Å²) in [4.78, 5) is 0. The minimum Gasteiger partial charge on any atom is -0.417 e. The third-order valence-electron chi connectivity index (χ3n) is 11.5. The molecule has 3 saturated heterocycles. The molecule has 0 radical (unpaired) electrons. The Morgan fingerprint density at radius 1 is 1.02 bits per heavy atom. The monoisotopic (exact) mass is 652 g/mol. The lowest BCUT2D eigenvalue weighted by Gasteiger charge is -2.38. The number of benzene rings is 1. The molecule has 0 bridgehead atoms. The molecular weight excluding hydrogens is 589 g/mol. The maximum atomic E-state index is 9.13. The molecule has 10 atom stereocenters. The van der Waals surface area contributed by atoms with E-state index < -0.39 is 8.32 Å². The van der Waals surface area contributed by atoms with Crippen molar-refractivity contribution in [2.24, 2.45) is 23.7 Å². The summed E-state index contributed by atoms with van der Waals surface area (Å²) in [5.74, 6) is 1.72. The maximum absolute atomic E-state index is 9.13. The highest BCUT2D eigenvalue weighted by Crippen LogP contribution is 2.43. The topological polar surface area (TPSA) is 57.2 Å². The van der Waals surface area contributed by atoms with Crippen LogP contribution in [0.15, 0.2) is 66.8 Å². The van der Waals surface area contributed by atoms with Gasteiger partial charge in [-0.05, 0) is 90.6 Å². The molecule has 5 nitrogen and oxygen atoms in total. The summed E-state index contributed by atoms with van der Waals surface area (Å²) >= 11 is 0. The second kappa shape index (κ2) is 16.2. The third-order valence-corrected chi connectivity index (χ3v) is 16.0. The molecular formula is C40H64O5Si. The lowest BCUT2D eigenvalue weighted by Crippen LogP contribution is -2.42. The summed E-state index contributed by atoms with van der Waals surface area (Å²) in [5.41, 5.74) is 3.73. The van der Waals surface area contributed by atoms with Crippen LogP contribution in [0.2, 0.25) is 18.1 Å². The van der Waals surface area contributed by atoms with Crippen LogP contribution in [0.5, 0.6) is 0 Å². The molecule has 0 spiro atoms. The molecule has 6 heteroatoms. The highest BCUT2D eigenvalue weighted by atomic mass is 28.4. The molecule has 1 aromatic rings. The van der Waals surface area contributed by atoms with Crippen molar-refractivity contribution in [3.8, 4) is 0 Å². The molecule has 3 aliphatic rings. The van der Waals surface area contributed by atoms with E-state index in [4.69, 9.17) is 23.7 Å². The summed E-state index contributed by atoms with van der Waals surface area (Å²) in [6.45, 7) is 28.3. The summed E-state index contributed by atoms with van der Waals surface area (Å²) in [6, 6.07) is 10.9. The molecule has 0 amide bonds. The zero-order valence-electron chi connectivity index (χ0n) is 30.2. The van der Waals surface area contributed by atoms with Crippen LogP contribution >= 0.6 is 0 Å². The van der Waals surface area contributed by atoms with Crippen molar-refractivity contribution in [2.75, 3.05) is 13.2 Å². The molecule has 1 aromatic carbocycles. The van der Waals surface area contributed by atoms with Gasteiger partial charge < -0.3 is 23.7 Å². The van der Waals surface area contributed by atoms with Crippen molar-refractivity contribution < 1.29 is 23.7 Å². The van der Waals surface area contributed by atoms with Gasteiger partial charge in [-0.1, -0.05) is 97.2 Å². The van der Waals surface area contributed by atoms with E-state index in [1.165, 1.54) is 11.1 Å². The summed E-state index contributed by atoms with van der Waals surface area (Å²) < 4.78 is 26.7. The van der Waals surface area contributed by atoms with Crippen LogP contribution in [-0.2, 0) is 25.1 Å². The van der Waals surface area contributed by atoms with Gasteiger partial charge in [-0.25, -0.2) is 0 Å². The van der Waals surface area contributed by atoms with Crippen molar-refractivity contribution in [1.29, 1.82) is 0 Å². The Bertz CT molecular complexity index is 1160. The van der Waals surface area contributed by atoms with Crippen LogP contribution in [0.4, 0.5) is 0 Å². The molecule has 0 aliphatic carbocycles. The van der Waals surface area contributed by atoms with Gasteiger partial charge in [0, 0.05) is 19.4 Å². The fraction of sp³-hybridized carbons (Fsp3) is 0.700. The Balaban J connectivity index is 1.40. The third kappa shape index (κ3) is 9.76. The van der Waals surface area contributed by atoms with Crippen LogP contribution in [0.1, 0.15) is 85.6 Å². The average Bonchev–Trinajstić information content (AvgIpc) is 3.49. The number of aliphatic hydroxyl groups excluding tert-OH is 1. The molecule has 4 rings (SSSR count). The minimum absolute atomic E-state index is 0.00440. The van der Waals surface area contributed by atoms with Crippen LogP contribution < -0.4 is 0 Å². The molecule has 258 valence electrons. The van der Waals surface area contributed by atoms with Crippen molar-refractivity contribution in [2.45, 2.75) is 141 Å². The minimum atomic E-state index is -1.79. The predicted octanol–water partition coefficient (Wildman–Crippen LogP) is 9.08. The fourth-order valence-corrected chi connectivity index (χ4v) is 8.46. The fourth-order valence-electron chi connectivity index (χ4n) is 7.32. The van der Waals surface area contributed by atoms with E-state index >= 15 is 0 Å². The van der Waals surface area contributed by atoms with Gasteiger partial charge in [0.05, 0.1) is 43.2 Å². The van der Waals surface area contributed by atoms with Crippen LogP contribution in [0.25, 0.3) is 0 Å². The maximum Gasteiger partial charge on any atom is 0.191 e. The molecule has 3 unspecified atom stereocenters. The number of rotatable bonds is 14. The SMILES string of the molecule is C=C1C[C@H](/C=C/CO)OC1CC[C@H]1C[C@@H](C)C(=C)C(C[C@@H]2O[C@H](C[C@H](C)CO[Si](C)(C)C(C)(C)C)[C@H](C)C2Cc2ccccc2)O1. The summed E-state index contributed by atoms with van der Waals surface area (Å²) in [6.07, 6.45) is 10.8. The first-order chi connectivity index (χ1) is 21.7. The van der Waals surface area contributed by atoms with Crippen molar-refractivity contribution in [3.05, 3.63) is 72.4 Å². The van der Waals surface area contributed by atoms with E-state index in [9.17, 15) is 0 Å². The molecule has 0 saturated carbocycles. The largest absolute Gasteiger partial charge is 0.417 e. The Hall–Kier alpha value is -1.54. The highest BCUT2D eigenvalue weighted by Gasteiger charge is 2.45. The second-order valence-electron chi connectivity index (χ2n) is 16.2. The first kappa shape index (κ1) is 37.3. The first-order valence-electron chi connectivity index (χ1n) is 18.0. The van der Waals surface area contributed by atoms with Crippen molar-refractivity contribution in [1.82, 2.24) is 0 Å². The van der Waals surface area contributed by atoms with E-state index in [1.54, 1.807) is 6.08 Å². The lowest BCUT2D eigenvalue weighted by molar-refractivity contribution is -0.0740. The average molecular weight is 653 g/mol. The molecule has 1 N–H and O–H groups in total. The smallest absolute Gasteiger partial charge is 0.191 e. The van der Waals surface area contributed by atoms with Gasteiger partial charge in [-0.15, -0.1) is 0 Å². The highest BCUT2D eigenvalue weighted by molar-refractivity contribution is 6.74. The number of hydrogen-bond donors (Lipinski definition) is 1. The molecule has 0 aromatic heterocycles. The van der Waals surface area contributed by atoms with Gasteiger partial charge >= 0.3 is 0 Å². The predicted molar refractivity (Wildman–Crippen MR) is 192 cm³/mol. The molecule has 46 heavy (non-hydrogen) atoms. The standard InChI is InChI=1S/C40H64O5Si/c1-27(26-42-46(9,10)40(6,7)8)21-37-31(5)35(24-32-15-12-11-13-16-32)39(45-37)25-38-30(4)28(2)22-34(44-38)18-19-36-29(3)23-33(43-36)17-14-20-41/h11-17,27-28,31,33-39,41H,3-4,18-26H2,1-2,5-10H3/b17-14+/t27-,28+,31+,33-,34-,35?,36?,37+,38?,39-/m0/s1. The van der Waals surface area contributed by atoms with Crippen molar-refractivity contribution >= 4 is 8.32 Å². The number of aliphatic hydroxyl groups is 1. The second-order valence-corrected chi connectivity index (χ2v) is 21.1. The van der Waals surface area contributed by atoms with E-state index in [0.29, 0.717) is 23.7 Å². The van der Waals surface area contributed by atoms with Gasteiger partial charge in [0.1, 0.15) is 0 Å². The zero-order chi connectivity index (χ0) is 33.6. The zero-order valence-corrected chi connectivity index (χ0v) is 31.2. The Labute approximate surface area is 282 Å². The normalized spacial score (nSPS) is 33.3. The number of hydrogen-bond acceptors (Lipinski definition) is 5. The van der Waals surface area contributed by atoms with Crippen LogP contribution in [0.3, 0.4) is 0 Å².